The first-order valence-electron chi connectivity index (χ1n) is 24.9. The summed E-state index contributed by atoms with van der Waals surface area (Å²) in [5, 5.41) is 7.57. The fourth-order valence-electron chi connectivity index (χ4n) is 11.5. The third kappa shape index (κ3) is 7.19. The van der Waals surface area contributed by atoms with Gasteiger partial charge < -0.3 is 4.90 Å². The Balaban J connectivity index is 1.06. The smallest absolute Gasteiger partial charge is 0.0546 e. The maximum absolute atomic E-state index is 2.57. The summed E-state index contributed by atoms with van der Waals surface area (Å²) in [6.07, 6.45) is 0. The summed E-state index contributed by atoms with van der Waals surface area (Å²) in [6.45, 7) is 11.6. The van der Waals surface area contributed by atoms with Gasteiger partial charge in [0.15, 0.2) is 0 Å². The Hall–Kier alpha value is -8.04. The number of anilines is 3. The summed E-state index contributed by atoms with van der Waals surface area (Å²) in [5.74, 6) is 0. The number of benzene rings is 11. The van der Waals surface area contributed by atoms with Gasteiger partial charge in [-0.05, 0) is 143 Å². The van der Waals surface area contributed by atoms with Crippen LogP contribution >= 0.6 is 11.3 Å². The Morgan fingerprint density at radius 1 is 0.380 bits per heavy atom. The molecule has 0 saturated heterocycles. The molecule has 1 aromatic heterocycles. The molecule has 1 heterocycles. The summed E-state index contributed by atoms with van der Waals surface area (Å²) in [4.78, 5) is 2.57. The van der Waals surface area contributed by atoms with Gasteiger partial charge in [-0.1, -0.05) is 211 Å². The van der Waals surface area contributed by atoms with E-state index in [1.807, 2.05) is 11.3 Å². The highest BCUT2D eigenvalue weighted by Crippen LogP contribution is 2.55. The molecule has 0 aliphatic heterocycles. The van der Waals surface area contributed by atoms with Crippen molar-refractivity contribution in [2.45, 2.75) is 45.4 Å². The molecule has 0 fully saturated rings. The zero-order chi connectivity index (χ0) is 48.0. The topological polar surface area (TPSA) is 3.24 Å². The van der Waals surface area contributed by atoms with E-state index in [0.29, 0.717) is 0 Å². The van der Waals surface area contributed by atoms with Crippen LogP contribution in [0.1, 0.15) is 51.3 Å². The lowest BCUT2D eigenvalue weighted by Gasteiger charge is -2.32. The minimum Gasteiger partial charge on any atom is -0.309 e. The van der Waals surface area contributed by atoms with Crippen LogP contribution in [0.2, 0.25) is 0 Å². The Morgan fingerprint density at radius 2 is 0.972 bits per heavy atom. The Bertz CT molecular complexity index is 4040. The van der Waals surface area contributed by atoms with Gasteiger partial charge in [-0.25, -0.2) is 0 Å². The summed E-state index contributed by atoms with van der Waals surface area (Å²) in [5.41, 5.74) is 19.6. The van der Waals surface area contributed by atoms with Gasteiger partial charge in [0, 0.05) is 42.4 Å². The fourth-order valence-corrected chi connectivity index (χ4v) is 12.6. The lowest BCUT2D eigenvalue weighted by molar-refractivity contribution is 0.590. The molecule has 0 bridgehead atoms. The van der Waals surface area contributed by atoms with Gasteiger partial charge >= 0.3 is 0 Å². The van der Waals surface area contributed by atoms with Crippen molar-refractivity contribution in [1.29, 1.82) is 0 Å². The highest BCUT2D eigenvalue weighted by molar-refractivity contribution is 7.26. The largest absolute Gasteiger partial charge is 0.309 e. The first-order valence-corrected chi connectivity index (χ1v) is 25.7. The van der Waals surface area contributed by atoms with Gasteiger partial charge in [0.25, 0.3) is 0 Å². The van der Waals surface area contributed by atoms with Crippen LogP contribution < -0.4 is 4.90 Å². The minimum absolute atomic E-state index is 0.113. The van der Waals surface area contributed by atoms with Crippen molar-refractivity contribution in [3.63, 3.8) is 0 Å². The van der Waals surface area contributed by atoms with E-state index < -0.39 is 0 Å². The van der Waals surface area contributed by atoms with Crippen molar-refractivity contribution in [1.82, 2.24) is 0 Å². The van der Waals surface area contributed by atoms with E-state index in [9.17, 15) is 0 Å². The standard InChI is InChI=1S/C69H53NS/c1-68(2,3)52-34-30-45(31-35-52)44-26-28-46(29-27-44)51-33-38-62(57(40-51)47-16-7-6-8-17-47)70(53-36-37-60-59(43-53)58-41-49-19-9-10-20-50(49)42-61(58)69(60,4)5)63-39-32-48-18-11-12-21-54(48)66(63)56-23-15-25-65-67(56)55-22-13-14-24-64(55)71-65/h6-43H,1-5H3. The third-order valence-corrected chi connectivity index (χ3v) is 16.4. The van der Waals surface area contributed by atoms with Gasteiger partial charge in [0.1, 0.15) is 0 Å². The molecule has 13 rings (SSSR count). The molecule has 1 aliphatic rings. The Labute approximate surface area is 421 Å². The molecule has 12 aromatic rings. The molecule has 340 valence electrons. The first-order chi connectivity index (χ1) is 34.6. The number of hydrogen-bond donors (Lipinski definition) is 0. The van der Waals surface area contributed by atoms with Crippen molar-refractivity contribution in [3.05, 3.63) is 247 Å². The maximum atomic E-state index is 2.57. The number of rotatable bonds is 7. The number of nitrogens with zero attached hydrogens (tertiary/aromatic N) is 1. The third-order valence-electron chi connectivity index (χ3n) is 15.2. The molecule has 0 atom stereocenters. The molecule has 0 unspecified atom stereocenters. The monoisotopic (exact) mass is 927 g/mol. The zero-order valence-corrected chi connectivity index (χ0v) is 41.6. The summed E-state index contributed by atoms with van der Waals surface area (Å²) in [6, 6.07) is 86.6. The second-order valence-corrected chi connectivity index (χ2v) is 22.0. The van der Waals surface area contributed by atoms with Crippen molar-refractivity contribution >= 4 is 70.1 Å². The van der Waals surface area contributed by atoms with Crippen LogP contribution in [0.25, 0.3) is 97.4 Å². The van der Waals surface area contributed by atoms with Gasteiger partial charge in [-0.3, -0.25) is 0 Å². The molecule has 1 aliphatic carbocycles. The van der Waals surface area contributed by atoms with Crippen molar-refractivity contribution < 1.29 is 0 Å². The van der Waals surface area contributed by atoms with E-state index in [1.54, 1.807) is 0 Å². The van der Waals surface area contributed by atoms with Gasteiger partial charge in [0.05, 0.1) is 11.4 Å². The predicted molar refractivity (Wildman–Crippen MR) is 307 cm³/mol. The molecule has 0 spiro atoms. The van der Waals surface area contributed by atoms with Crippen LogP contribution in [0.4, 0.5) is 17.1 Å². The zero-order valence-electron chi connectivity index (χ0n) is 40.8. The van der Waals surface area contributed by atoms with E-state index in [1.165, 1.54) is 103 Å². The van der Waals surface area contributed by atoms with Crippen LogP contribution in [0.15, 0.2) is 231 Å². The summed E-state index contributed by atoms with van der Waals surface area (Å²) < 4.78 is 2.59. The molecule has 0 saturated carbocycles. The molecule has 1 nitrogen and oxygen atoms in total. The number of hydrogen-bond acceptors (Lipinski definition) is 2. The SMILES string of the molecule is CC(C)(C)c1ccc(-c2ccc(-c3ccc(N(c4ccc5c(c4)-c4cc6ccccc6cc4C5(C)C)c4ccc5ccccc5c4-c4cccc5sc6ccccc6c45)c(-c4ccccc4)c3)cc2)cc1. The van der Waals surface area contributed by atoms with Crippen LogP contribution in [0.5, 0.6) is 0 Å². The van der Waals surface area contributed by atoms with Crippen molar-refractivity contribution in [2.24, 2.45) is 0 Å². The van der Waals surface area contributed by atoms with Gasteiger partial charge in [-0.2, -0.15) is 0 Å². The molecule has 0 amide bonds. The highest BCUT2D eigenvalue weighted by atomic mass is 32.1. The Kier molecular flexibility index (Phi) is 10.0. The average Bonchev–Trinajstić information content (AvgIpc) is 3.89. The second-order valence-electron chi connectivity index (χ2n) is 20.9. The quantitative estimate of drug-likeness (QED) is 0.154. The van der Waals surface area contributed by atoms with Crippen LogP contribution in [0.3, 0.4) is 0 Å². The lowest BCUT2D eigenvalue weighted by atomic mass is 9.82. The van der Waals surface area contributed by atoms with E-state index in [-0.39, 0.29) is 10.8 Å². The van der Waals surface area contributed by atoms with E-state index in [0.717, 1.165) is 28.2 Å². The molecule has 0 N–H and O–H groups in total. The van der Waals surface area contributed by atoms with Crippen LogP contribution in [-0.2, 0) is 10.8 Å². The minimum atomic E-state index is -0.163. The summed E-state index contributed by atoms with van der Waals surface area (Å²) >= 11 is 1.88. The molecule has 2 heteroatoms. The second kappa shape index (κ2) is 16.5. The van der Waals surface area contributed by atoms with E-state index in [4.69, 9.17) is 0 Å². The lowest BCUT2D eigenvalue weighted by Crippen LogP contribution is -2.16. The van der Waals surface area contributed by atoms with Gasteiger partial charge in [0.2, 0.25) is 0 Å². The maximum Gasteiger partial charge on any atom is 0.0546 e. The molecular weight excluding hydrogens is 875 g/mol. The normalized spacial score (nSPS) is 13.0. The predicted octanol–water partition coefficient (Wildman–Crippen LogP) is 20.1. The fraction of sp³-hybridized carbons (Fsp3) is 0.101. The Morgan fingerprint density at radius 3 is 1.72 bits per heavy atom. The van der Waals surface area contributed by atoms with Gasteiger partial charge in [-0.15, -0.1) is 11.3 Å². The van der Waals surface area contributed by atoms with E-state index in [2.05, 4.69) is 270 Å². The average molecular weight is 928 g/mol. The molecule has 11 aromatic carbocycles. The number of fused-ring (bicyclic) bond motifs is 8. The van der Waals surface area contributed by atoms with Crippen LogP contribution in [0, 0.1) is 0 Å². The van der Waals surface area contributed by atoms with Crippen LogP contribution in [-0.4, -0.2) is 0 Å². The number of thiophene rings is 1. The highest BCUT2D eigenvalue weighted by Gasteiger charge is 2.37. The summed E-state index contributed by atoms with van der Waals surface area (Å²) in [7, 11) is 0. The van der Waals surface area contributed by atoms with E-state index >= 15 is 0 Å². The molecule has 71 heavy (non-hydrogen) atoms. The van der Waals surface area contributed by atoms with Crippen molar-refractivity contribution in [2.75, 3.05) is 4.90 Å². The molecular formula is C69H53NS. The molecule has 0 radical (unpaired) electrons. The van der Waals surface area contributed by atoms with Crippen molar-refractivity contribution in [3.8, 4) is 55.6 Å². The first kappa shape index (κ1) is 43.0.